The summed E-state index contributed by atoms with van der Waals surface area (Å²) >= 11 is 31.0. The van der Waals surface area contributed by atoms with Crippen molar-refractivity contribution in [3.05, 3.63) is 68.7 Å². The molecule has 0 aliphatic carbocycles. The highest BCUT2D eigenvalue weighted by atomic mass is 35.5. The lowest BCUT2D eigenvalue weighted by molar-refractivity contribution is 0.536. The fourth-order valence-electron chi connectivity index (χ4n) is 2.25. The molecule has 0 heterocycles. The van der Waals surface area contributed by atoms with E-state index in [1.54, 1.807) is 6.07 Å². The van der Waals surface area contributed by atoms with Crippen molar-refractivity contribution in [3.63, 3.8) is 0 Å². The molecule has 2 aromatic rings. The molecule has 0 N–H and O–H groups in total. The molecule has 0 aromatic heterocycles. The molecule has 0 saturated heterocycles. The van der Waals surface area contributed by atoms with Crippen molar-refractivity contribution in [1.29, 1.82) is 0 Å². The van der Waals surface area contributed by atoms with Gasteiger partial charge in [0, 0.05) is 22.2 Å². The summed E-state index contributed by atoms with van der Waals surface area (Å²) in [6.45, 7) is 0. The summed E-state index contributed by atoms with van der Waals surface area (Å²) in [5.41, 5.74) is 1.48. The third kappa shape index (κ3) is 3.81. The molecule has 0 aliphatic rings. The monoisotopic (exact) mass is 380 g/mol. The van der Waals surface area contributed by atoms with Gasteiger partial charge in [0.2, 0.25) is 0 Å². The van der Waals surface area contributed by atoms with E-state index in [1.165, 1.54) is 0 Å². The third-order valence-corrected chi connectivity index (χ3v) is 5.63. The summed E-state index contributed by atoms with van der Waals surface area (Å²) in [6, 6.07) is 13.2. The molecule has 0 spiro atoms. The predicted octanol–water partition coefficient (Wildman–Crippen LogP) is 6.60. The van der Waals surface area contributed by atoms with Crippen LogP contribution in [0.2, 0.25) is 15.1 Å². The minimum absolute atomic E-state index is 0.361. The second-order valence-electron chi connectivity index (χ2n) is 4.95. The predicted molar refractivity (Wildman–Crippen MR) is 94.7 cm³/mol. The number of halogens is 5. The van der Waals surface area contributed by atoms with Crippen molar-refractivity contribution in [2.24, 2.45) is 0 Å². The van der Waals surface area contributed by atoms with Crippen LogP contribution in [-0.2, 0) is 11.8 Å². The van der Waals surface area contributed by atoms with Gasteiger partial charge in [-0.15, -0.1) is 23.2 Å². The van der Waals surface area contributed by atoms with E-state index in [-0.39, 0.29) is 0 Å². The molecule has 0 fully saturated rings. The maximum atomic E-state index is 6.29. The fraction of sp³-hybridized carbons (Fsp3) is 0.250. The molecule has 0 amide bonds. The summed E-state index contributed by atoms with van der Waals surface area (Å²) in [5.74, 6) is 0.722. The van der Waals surface area contributed by atoms with Crippen LogP contribution in [0.5, 0.6) is 0 Å². The number of benzene rings is 2. The van der Waals surface area contributed by atoms with E-state index in [0.717, 1.165) is 11.1 Å². The Hall–Kier alpha value is -0.110. The van der Waals surface area contributed by atoms with E-state index >= 15 is 0 Å². The maximum absolute atomic E-state index is 6.29. The minimum atomic E-state index is -0.442. The van der Waals surface area contributed by atoms with Crippen molar-refractivity contribution >= 4 is 58.0 Å². The van der Waals surface area contributed by atoms with Crippen molar-refractivity contribution in [2.45, 2.75) is 11.8 Å². The molecule has 2 rings (SSSR count). The van der Waals surface area contributed by atoms with Gasteiger partial charge >= 0.3 is 0 Å². The van der Waals surface area contributed by atoms with E-state index in [4.69, 9.17) is 58.0 Å². The standard InChI is InChI=1S/C16H13Cl5/c17-9-16(10-18,12-4-2-5-13(19)7-12)8-11-3-1-6-14(20)15(11)21/h1-7H,8-10H2. The van der Waals surface area contributed by atoms with Crippen LogP contribution in [-0.4, -0.2) is 11.8 Å². The van der Waals surface area contributed by atoms with Crippen LogP contribution in [0.3, 0.4) is 0 Å². The maximum Gasteiger partial charge on any atom is 0.0624 e. The Kier molecular flexibility index (Phi) is 6.11. The first-order valence-corrected chi connectivity index (χ1v) is 8.53. The molecular weight excluding hydrogens is 369 g/mol. The highest BCUT2D eigenvalue weighted by Gasteiger charge is 2.32. The lowest BCUT2D eigenvalue weighted by Crippen LogP contribution is -2.33. The molecule has 21 heavy (non-hydrogen) atoms. The van der Waals surface area contributed by atoms with Crippen LogP contribution in [0, 0.1) is 0 Å². The minimum Gasteiger partial charge on any atom is -0.126 e. The molecule has 0 saturated carbocycles. The second-order valence-corrected chi connectivity index (χ2v) is 6.70. The molecule has 5 heteroatoms. The molecule has 0 atom stereocenters. The molecular formula is C16H13Cl5. The van der Waals surface area contributed by atoms with Crippen molar-refractivity contribution < 1.29 is 0 Å². The van der Waals surface area contributed by atoms with E-state index in [9.17, 15) is 0 Å². The van der Waals surface area contributed by atoms with Crippen LogP contribution >= 0.6 is 58.0 Å². The average molecular weight is 383 g/mol. The molecule has 0 aliphatic heterocycles. The Labute approximate surface area is 149 Å². The molecule has 0 nitrogen and oxygen atoms in total. The average Bonchev–Trinajstić information content (AvgIpc) is 2.49. The first-order valence-electron chi connectivity index (χ1n) is 6.33. The van der Waals surface area contributed by atoms with Gasteiger partial charge < -0.3 is 0 Å². The van der Waals surface area contributed by atoms with E-state index in [2.05, 4.69) is 0 Å². The Morgan fingerprint density at radius 1 is 0.857 bits per heavy atom. The van der Waals surface area contributed by atoms with Crippen molar-refractivity contribution in [2.75, 3.05) is 11.8 Å². The smallest absolute Gasteiger partial charge is 0.0624 e. The summed E-state index contributed by atoms with van der Waals surface area (Å²) in [7, 11) is 0. The van der Waals surface area contributed by atoms with Crippen LogP contribution in [0.25, 0.3) is 0 Å². The summed E-state index contributed by atoms with van der Waals surface area (Å²) in [5, 5.41) is 1.73. The van der Waals surface area contributed by atoms with E-state index in [0.29, 0.717) is 33.2 Å². The Bertz CT molecular complexity index is 620. The van der Waals surface area contributed by atoms with Crippen LogP contribution in [0.1, 0.15) is 11.1 Å². The Balaban J connectivity index is 2.45. The zero-order chi connectivity index (χ0) is 15.5. The van der Waals surface area contributed by atoms with Gasteiger partial charge in [-0.2, -0.15) is 0 Å². The Morgan fingerprint density at radius 3 is 2.14 bits per heavy atom. The number of alkyl halides is 2. The van der Waals surface area contributed by atoms with Crippen molar-refractivity contribution in [1.82, 2.24) is 0 Å². The third-order valence-electron chi connectivity index (χ3n) is 3.51. The zero-order valence-corrected chi connectivity index (χ0v) is 14.8. The van der Waals surface area contributed by atoms with Gasteiger partial charge in [0.1, 0.15) is 0 Å². The van der Waals surface area contributed by atoms with Crippen molar-refractivity contribution in [3.8, 4) is 0 Å². The number of hydrogen-bond donors (Lipinski definition) is 0. The summed E-state index contributed by atoms with van der Waals surface area (Å²) in [4.78, 5) is 0. The van der Waals surface area contributed by atoms with Gasteiger partial charge in [-0.25, -0.2) is 0 Å². The highest BCUT2D eigenvalue weighted by molar-refractivity contribution is 6.42. The lowest BCUT2D eigenvalue weighted by Gasteiger charge is -2.31. The topological polar surface area (TPSA) is 0 Å². The first-order chi connectivity index (χ1) is 10.0. The highest BCUT2D eigenvalue weighted by Crippen LogP contribution is 2.36. The zero-order valence-electron chi connectivity index (χ0n) is 11.1. The molecule has 0 radical (unpaired) electrons. The van der Waals surface area contributed by atoms with Crippen LogP contribution < -0.4 is 0 Å². The first kappa shape index (κ1) is 17.2. The summed E-state index contributed by atoms with van der Waals surface area (Å²) in [6.07, 6.45) is 0.597. The summed E-state index contributed by atoms with van der Waals surface area (Å²) < 4.78 is 0. The van der Waals surface area contributed by atoms with Crippen LogP contribution in [0.15, 0.2) is 42.5 Å². The molecule has 0 bridgehead atoms. The SMILES string of the molecule is ClCC(CCl)(Cc1cccc(Cl)c1Cl)c1cccc(Cl)c1. The quantitative estimate of drug-likeness (QED) is 0.511. The van der Waals surface area contributed by atoms with Gasteiger partial charge in [-0.3, -0.25) is 0 Å². The van der Waals surface area contributed by atoms with Gasteiger partial charge in [-0.1, -0.05) is 59.1 Å². The number of hydrogen-bond acceptors (Lipinski definition) is 0. The largest absolute Gasteiger partial charge is 0.126 e. The second kappa shape index (κ2) is 7.44. The molecule has 112 valence electrons. The fourth-order valence-corrected chi connectivity index (χ4v) is 3.61. The van der Waals surface area contributed by atoms with E-state index < -0.39 is 5.41 Å². The Morgan fingerprint density at radius 2 is 1.52 bits per heavy atom. The van der Waals surface area contributed by atoms with Gasteiger partial charge in [-0.05, 0) is 35.7 Å². The normalized spacial score (nSPS) is 11.7. The molecule has 2 aromatic carbocycles. The van der Waals surface area contributed by atoms with Gasteiger partial charge in [0.05, 0.1) is 10.0 Å². The van der Waals surface area contributed by atoms with Crippen LogP contribution in [0.4, 0.5) is 0 Å². The number of rotatable bonds is 5. The van der Waals surface area contributed by atoms with E-state index in [1.807, 2.05) is 36.4 Å². The van der Waals surface area contributed by atoms with Gasteiger partial charge in [0.25, 0.3) is 0 Å². The molecule has 0 unspecified atom stereocenters. The van der Waals surface area contributed by atoms with Gasteiger partial charge in [0.15, 0.2) is 0 Å². The lowest BCUT2D eigenvalue weighted by atomic mass is 9.78.